The molecule has 0 spiro atoms. The van der Waals surface area contributed by atoms with Gasteiger partial charge in [-0.2, -0.15) is 0 Å². The summed E-state index contributed by atoms with van der Waals surface area (Å²) in [6.45, 7) is 0.606. The van der Waals surface area contributed by atoms with Gasteiger partial charge in [0, 0.05) is 7.05 Å². The Balaban J connectivity index is 2.58. The number of rotatable bonds is 7. The van der Waals surface area contributed by atoms with Crippen LogP contribution in [0.4, 0.5) is 4.79 Å². The van der Waals surface area contributed by atoms with Crippen LogP contribution in [0.2, 0.25) is 0 Å². The molecule has 0 fully saturated rings. The molecule has 0 radical (unpaired) electrons. The maximum Gasteiger partial charge on any atom is 0.410 e. The van der Waals surface area contributed by atoms with Gasteiger partial charge < -0.3 is 15.2 Å². The van der Waals surface area contributed by atoms with E-state index in [0.29, 0.717) is 19.4 Å². The molecule has 0 bridgehead atoms. The van der Waals surface area contributed by atoms with Gasteiger partial charge in [-0.1, -0.05) is 30.3 Å². The monoisotopic (exact) mass is 294 g/mol. The fourth-order valence-corrected chi connectivity index (χ4v) is 1.87. The van der Waals surface area contributed by atoms with E-state index >= 15 is 0 Å². The number of amides is 1. The van der Waals surface area contributed by atoms with Gasteiger partial charge in [0.15, 0.2) is 0 Å². The Hall–Kier alpha value is -2.08. The third kappa shape index (κ3) is 5.43. The van der Waals surface area contributed by atoms with Crippen LogP contribution in [0.1, 0.15) is 18.4 Å². The van der Waals surface area contributed by atoms with E-state index in [-0.39, 0.29) is 6.61 Å². The molecule has 21 heavy (non-hydrogen) atoms. The molecule has 1 rings (SSSR count). The lowest BCUT2D eigenvalue weighted by Crippen LogP contribution is -2.43. The van der Waals surface area contributed by atoms with Gasteiger partial charge in [-0.25, -0.2) is 9.59 Å². The molecule has 6 heteroatoms. The average Bonchev–Trinajstić information content (AvgIpc) is 2.53. The lowest BCUT2D eigenvalue weighted by Gasteiger charge is -2.25. The van der Waals surface area contributed by atoms with Crippen molar-refractivity contribution in [3.8, 4) is 0 Å². The molecule has 1 atom stereocenters. The quantitative estimate of drug-likeness (QED) is 0.771. The zero-order chi connectivity index (χ0) is 15.7. The van der Waals surface area contributed by atoms with E-state index in [2.05, 4.69) is 0 Å². The summed E-state index contributed by atoms with van der Waals surface area (Å²) in [5.41, 5.74) is 6.33. The molecule has 0 heterocycles. The Labute approximate surface area is 124 Å². The first-order valence-corrected chi connectivity index (χ1v) is 6.81. The van der Waals surface area contributed by atoms with E-state index in [1.807, 2.05) is 30.3 Å². The summed E-state index contributed by atoms with van der Waals surface area (Å²) >= 11 is 0. The van der Waals surface area contributed by atoms with Gasteiger partial charge in [-0.15, -0.1) is 0 Å². The maximum atomic E-state index is 12.0. The maximum absolute atomic E-state index is 12.0. The van der Waals surface area contributed by atoms with Gasteiger partial charge >= 0.3 is 12.1 Å². The number of benzene rings is 1. The number of carbonyl (C=O) groups excluding carboxylic acids is 2. The number of hydrogen-bond donors (Lipinski definition) is 1. The molecule has 6 nitrogen and oxygen atoms in total. The largest absolute Gasteiger partial charge is 0.467 e. The van der Waals surface area contributed by atoms with E-state index in [9.17, 15) is 9.59 Å². The summed E-state index contributed by atoms with van der Waals surface area (Å²) in [6, 6.07) is 8.66. The lowest BCUT2D eigenvalue weighted by molar-refractivity contribution is -0.146. The van der Waals surface area contributed by atoms with Gasteiger partial charge in [0.2, 0.25) is 0 Å². The van der Waals surface area contributed by atoms with Crippen molar-refractivity contribution in [3.63, 3.8) is 0 Å². The highest BCUT2D eigenvalue weighted by atomic mass is 16.6. The van der Waals surface area contributed by atoms with Crippen molar-refractivity contribution in [3.05, 3.63) is 35.9 Å². The molecule has 0 saturated heterocycles. The molecule has 1 amide bonds. The number of nitrogens with two attached hydrogens (primary N) is 1. The van der Waals surface area contributed by atoms with Crippen molar-refractivity contribution in [1.82, 2.24) is 4.90 Å². The first kappa shape index (κ1) is 17.0. The van der Waals surface area contributed by atoms with Crippen LogP contribution in [0, 0.1) is 0 Å². The van der Waals surface area contributed by atoms with Crippen LogP contribution >= 0.6 is 0 Å². The molecule has 0 aliphatic carbocycles. The van der Waals surface area contributed by atoms with Crippen molar-refractivity contribution in [2.75, 3.05) is 20.7 Å². The second-order valence-electron chi connectivity index (χ2n) is 4.62. The Bertz CT molecular complexity index is 450. The normalized spacial score (nSPS) is 11.6. The number of ether oxygens (including phenoxy) is 2. The second kappa shape index (κ2) is 8.97. The van der Waals surface area contributed by atoms with Gasteiger partial charge in [0.25, 0.3) is 0 Å². The molecular weight excluding hydrogens is 272 g/mol. The van der Waals surface area contributed by atoms with Crippen LogP contribution < -0.4 is 5.73 Å². The molecule has 2 N–H and O–H groups in total. The van der Waals surface area contributed by atoms with Gasteiger partial charge in [-0.05, 0) is 24.9 Å². The Morgan fingerprint density at radius 3 is 2.52 bits per heavy atom. The van der Waals surface area contributed by atoms with Crippen LogP contribution in [0.3, 0.4) is 0 Å². The second-order valence-corrected chi connectivity index (χ2v) is 4.62. The number of nitrogens with zero attached hydrogens (tertiary/aromatic N) is 1. The minimum Gasteiger partial charge on any atom is -0.467 e. The van der Waals surface area contributed by atoms with Crippen molar-refractivity contribution in [2.45, 2.75) is 25.5 Å². The van der Waals surface area contributed by atoms with Crippen molar-refractivity contribution < 1.29 is 19.1 Å². The number of likely N-dealkylation sites (N-methyl/N-ethyl adjacent to an activating group) is 1. The molecule has 0 aromatic heterocycles. The van der Waals surface area contributed by atoms with Crippen LogP contribution in [-0.4, -0.2) is 43.7 Å². The predicted molar refractivity (Wildman–Crippen MR) is 78.5 cm³/mol. The first-order valence-electron chi connectivity index (χ1n) is 6.81. The fraction of sp³-hybridized carbons (Fsp3) is 0.467. The number of carbonyl (C=O) groups is 2. The highest BCUT2D eigenvalue weighted by Gasteiger charge is 2.28. The Morgan fingerprint density at radius 1 is 1.29 bits per heavy atom. The van der Waals surface area contributed by atoms with E-state index in [4.69, 9.17) is 15.2 Å². The number of esters is 1. The van der Waals surface area contributed by atoms with Crippen molar-refractivity contribution >= 4 is 12.1 Å². The van der Waals surface area contributed by atoms with Crippen molar-refractivity contribution in [2.24, 2.45) is 5.73 Å². The van der Waals surface area contributed by atoms with E-state index in [0.717, 1.165) is 5.56 Å². The minimum atomic E-state index is -0.679. The molecule has 1 aromatic carbocycles. The third-order valence-electron chi connectivity index (χ3n) is 3.12. The lowest BCUT2D eigenvalue weighted by atomic mass is 10.1. The molecule has 1 aromatic rings. The highest BCUT2D eigenvalue weighted by molar-refractivity contribution is 5.81. The van der Waals surface area contributed by atoms with Crippen molar-refractivity contribution in [1.29, 1.82) is 0 Å². The standard InChI is InChI=1S/C15H22N2O4/c1-17(13(9-6-10-16)14(18)20-2)15(19)21-11-12-7-4-3-5-8-12/h3-5,7-8,13H,6,9-11,16H2,1-2H3/t13-/m0/s1. The predicted octanol–water partition coefficient (Wildman–Crippen LogP) is 1.54. The summed E-state index contributed by atoms with van der Waals surface area (Å²) in [5.74, 6) is -0.470. The number of methoxy groups -OCH3 is 1. The Kier molecular flexibility index (Phi) is 7.25. The van der Waals surface area contributed by atoms with Gasteiger partial charge in [-0.3, -0.25) is 4.90 Å². The molecule has 0 aliphatic rings. The molecule has 0 saturated carbocycles. The topological polar surface area (TPSA) is 81.9 Å². The van der Waals surface area contributed by atoms with Crippen LogP contribution in [0.5, 0.6) is 0 Å². The average molecular weight is 294 g/mol. The third-order valence-corrected chi connectivity index (χ3v) is 3.12. The Morgan fingerprint density at radius 2 is 1.95 bits per heavy atom. The summed E-state index contributed by atoms with van der Waals surface area (Å²) in [4.78, 5) is 25.0. The summed E-state index contributed by atoms with van der Waals surface area (Å²) in [6.07, 6.45) is 0.502. The van der Waals surface area contributed by atoms with E-state index < -0.39 is 18.1 Å². The van der Waals surface area contributed by atoms with Gasteiger partial charge in [0.1, 0.15) is 12.6 Å². The molecule has 0 unspecified atom stereocenters. The SMILES string of the molecule is COC(=O)[C@H](CCCN)N(C)C(=O)OCc1ccccc1. The van der Waals surface area contributed by atoms with Crippen LogP contribution in [0.15, 0.2) is 30.3 Å². The summed E-state index contributed by atoms with van der Waals surface area (Å²) in [5, 5.41) is 0. The smallest absolute Gasteiger partial charge is 0.410 e. The summed E-state index contributed by atoms with van der Waals surface area (Å²) < 4.78 is 9.91. The first-order chi connectivity index (χ1) is 10.1. The van der Waals surface area contributed by atoms with Gasteiger partial charge in [0.05, 0.1) is 7.11 Å². The zero-order valence-electron chi connectivity index (χ0n) is 12.5. The van der Waals surface area contributed by atoms with Crippen LogP contribution in [-0.2, 0) is 20.9 Å². The number of hydrogen-bond acceptors (Lipinski definition) is 5. The molecule has 0 aliphatic heterocycles. The summed E-state index contributed by atoms with van der Waals surface area (Å²) in [7, 11) is 2.81. The van der Waals surface area contributed by atoms with E-state index in [1.54, 1.807) is 0 Å². The minimum absolute atomic E-state index is 0.162. The highest BCUT2D eigenvalue weighted by Crippen LogP contribution is 2.10. The van der Waals surface area contributed by atoms with Crippen LogP contribution in [0.25, 0.3) is 0 Å². The molecular formula is C15H22N2O4. The molecule has 116 valence electrons. The van der Waals surface area contributed by atoms with E-state index in [1.165, 1.54) is 19.1 Å². The zero-order valence-corrected chi connectivity index (χ0v) is 12.5. The fourth-order valence-electron chi connectivity index (χ4n) is 1.87.